The minimum absolute atomic E-state index is 0.0211. The zero-order valence-corrected chi connectivity index (χ0v) is 19.0. The Labute approximate surface area is 179 Å². The molecule has 0 bridgehead atoms. The Morgan fingerprint density at radius 3 is 2.43 bits per heavy atom. The Balaban J connectivity index is 1.77. The van der Waals surface area contributed by atoms with Gasteiger partial charge >= 0.3 is 5.97 Å². The molecule has 5 nitrogen and oxygen atoms in total. The molecule has 1 N–H and O–H groups in total. The lowest BCUT2D eigenvalue weighted by atomic mass is 9.46. The third-order valence-electron chi connectivity index (χ3n) is 9.39. The van der Waals surface area contributed by atoms with Gasteiger partial charge in [-0.05, 0) is 85.8 Å². The number of carbonyl (C=O) groups excluding carboxylic acids is 2. The normalized spacial score (nSPS) is 42.6. The average molecular weight is 417 g/mol. The first-order valence-electron chi connectivity index (χ1n) is 11.4. The predicted molar refractivity (Wildman–Crippen MR) is 113 cm³/mol. The molecule has 166 valence electrons. The van der Waals surface area contributed by atoms with Gasteiger partial charge in [-0.2, -0.15) is 0 Å². The summed E-state index contributed by atoms with van der Waals surface area (Å²) in [6.45, 7) is 7.59. The molecule has 0 aliphatic heterocycles. The number of hydrogen-bond donors (Lipinski definition) is 1. The number of fused-ring (bicyclic) bond motifs is 5. The number of allylic oxidation sites excluding steroid dienone is 3. The second-order valence-corrected chi connectivity index (χ2v) is 10.5. The van der Waals surface area contributed by atoms with Crippen molar-refractivity contribution in [2.45, 2.75) is 78.2 Å². The Hall–Kier alpha value is -1.62. The fraction of sp³-hybridized carbons (Fsp3) is 0.760. The summed E-state index contributed by atoms with van der Waals surface area (Å²) in [5, 5.41) is 10.3. The molecule has 0 spiro atoms. The number of carbonyl (C=O) groups is 2. The van der Waals surface area contributed by atoms with E-state index in [4.69, 9.17) is 9.47 Å². The van der Waals surface area contributed by atoms with Gasteiger partial charge in [0.2, 0.25) is 0 Å². The first-order chi connectivity index (χ1) is 14.1. The number of methoxy groups -OCH3 is 1. The lowest BCUT2D eigenvalue weighted by Crippen LogP contribution is -2.58. The Bertz CT molecular complexity index is 825. The summed E-state index contributed by atoms with van der Waals surface area (Å²) >= 11 is 0. The van der Waals surface area contributed by atoms with Crippen LogP contribution in [0.25, 0.3) is 0 Å². The number of aliphatic hydroxyl groups excluding tert-OH is 1. The van der Waals surface area contributed by atoms with E-state index in [1.165, 1.54) is 12.5 Å². The molecule has 0 heterocycles. The smallest absolute Gasteiger partial charge is 0.303 e. The fourth-order valence-electron chi connectivity index (χ4n) is 7.94. The molecule has 2 saturated carbocycles. The van der Waals surface area contributed by atoms with E-state index < -0.39 is 5.60 Å². The lowest BCUT2D eigenvalue weighted by Gasteiger charge is -2.59. The van der Waals surface area contributed by atoms with E-state index in [-0.39, 0.29) is 29.2 Å². The van der Waals surface area contributed by atoms with E-state index >= 15 is 0 Å². The van der Waals surface area contributed by atoms with Gasteiger partial charge in [-0.25, -0.2) is 0 Å². The maximum absolute atomic E-state index is 12.9. The lowest BCUT2D eigenvalue weighted by molar-refractivity contribution is -0.186. The Morgan fingerprint density at radius 1 is 1.13 bits per heavy atom. The van der Waals surface area contributed by atoms with Crippen molar-refractivity contribution in [3.05, 3.63) is 23.0 Å². The second-order valence-electron chi connectivity index (χ2n) is 10.5. The van der Waals surface area contributed by atoms with Crippen LogP contribution in [-0.4, -0.2) is 36.2 Å². The van der Waals surface area contributed by atoms with Gasteiger partial charge in [-0.1, -0.05) is 13.8 Å². The van der Waals surface area contributed by atoms with Crippen molar-refractivity contribution in [3.63, 3.8) is 0 Å². The first kappa shape index (κ1) is 21.6. The molecule has 2 fully saturated rings. The molecule has 30 heavy (non-hydrogen) atoms. The molecule has 4 aliphatic carbocycles. The van der Waals surface area contributed by atoms with E-state index in [1.807, 2.05) is 0 Å². The van der Waals surface area contributed by atoms with Crippen LogP contribution in [0.5, 0.6) is 0 Å². The summed E-state index contributed by atoms with van der Waals surface area (Å²) < 4.78 is 11.4. The van der Waals surface area contributed by atoms with Crippen molar-refractivity contribution in [2.24, 2.45) is 28.6 Å². The highest BCUT2D eigenvalue weighted by Gasteiger charge is 2.67. The van der Waals surface area contributed by atoms with Gasteiger partial charge < -0.3 is 14.6 Å². The third kappa shape index (κ3) is 2.77. The van der Waals surface area contributed by atoms with Crippen molar-refractivity contribution >= 4 is 11.8 Å². The molecule has 0 amide bonds. The molecule has 6 atom stereocenters. The highest BCUT2D eigenvalue weighted by molar-refractivity contribution is 5.89. The van der Waals surface area contributed by atoms with E-state index in [1.54, 1.807) is 14.0 Å². The molecular formula is C25H36O5. The van der Waals surface area contributed by atoms with E-state index in [2.05, 4.69) is 19.9 Å². The standard InChI is InChI=1S/C25H36O5/c1-15(27)25(30-16(2)28)11-8-21-19-12-17(14-26)22-13-18(29-5)6-9-23(22,3)20(19)7-10-24(21,25)4/h13,19-21,26H,6-12,14H2,1-5H3/t19-,20+,21-,23-,24-,25+/m1/s1. The molecule has 0 radical (unpaired) electrons. The monoisotopic (exact) mass is 416 g/mol. The van der Waals surface area contributed by atoms with Crippen molar-refractivity contribution < 1.29 is 24.2 Å². The van der Waals surface area contributed by atoms with Crippen LogP contribution in [0.15, 0.2) is 23.0 Å². The number of ketones is 1. The zero-order chi connectivity index (χ0) is 21.9. The number of rotatable bonds is 4. The van der Waals surface area contributed by atoms with Gasteiger partial charge in [0.25, 0.3) is 0 Å². The number of esters is 1. The van der Waals surface area contributed by atoms with Crippen LogP contribution in [0.4, 0.5) is 0 Å². The van der Waals surface area contributed by atoms with Crippen LogP contribution in [0.2, 0.25) is 0 Å². The van der Waals surface area contributed by atoms with E-state index in [0.29, 0.717) is 24.2 Å². The molecule has 0 aromatic carbocycles. The van der Waals surface area contributed by atoms with Crippen molar-refractivity contribution in [1.82, 2.24) is 0 Å². The van der Waals surface area contributed by atoms with E-state index in [9.17, 15) is 14.7 Å². The van der Waals surface area contributed by atoms with E-state index in [0.717, 1.165) is 49.9 Å². The summed E-state index contributed by atoms with van der Waals surface area (Å²) in [5.74, 6) is 1.83. The largest absolute Gasteiger partial charge is 0.501 e. The summed E-state index contributed by atoms with van der Waals surface area (Å²) in [5.41, 5.74) is 1.06. The van der Waals surface area contributed by atoms with Crippen molar-refractivity contribution in [1.29, 1.82) is 0 Å². The molecular weight excluding hydrogens is 380 g/mol. The van der Waals surface area contributed by atoms with Crippen molar-refractivity contribution in [3.8, 4) is 0 Å². The minimum atomic E-state index is -1.01. The molecule has 5 heteroatoms. The Kier molecular flexibility index (Phi) is 5.20. The van der Waals surface area contributed by atoms with Gasteiger partial charge in [0, 0.05) is 18.8 Å². The summed E-state index contributed by atoms with van der Waals surface area (Å²) in [6, 6.07) is 0. The van der Waals surface area contributed by atoms with Gasteiger partial charge in [0.05, 0.1) is 19.5 Å². The van der Waals surface area contributed by atoms with Crippen LogP contribution in [0.1, 0.15) is 72.6 Å². The molecule has 4 aliphatic rings. The topological polar surface area (TPSA) is 72.8 Å². The number of aliphatic hydroxyl groups is 1. The SMILES string of the molecule is COC1=CC2=C(CO)C[C@H]3[C@H]4CC[C@](OC(C)=O)(C(C)=O)[C@]4(C)CC[C@@H]3[C@@]2(C)CC1. The summed E-state index contributed by atoms with van der Waals surface area (Å²) in [4.78, 5) is 24.8. The number of hydrogen-bond acceptors (Lipinski definition) is 5. The molecule has 0 aromatic heterocycles. The average Bonchev–Trinajstić information content (AvgIpc) is 3.00. The Morgan fingerprint density at radius 2 is 1.83 bits per heavy atom. The maximum Gasteiger partial charge on any atom is 0.303 e. The summed E-state index contributed by atoms with van der Waals surface area (Å²) in [7, 11) is 1.72. The third-order valence-corrected chi connectivity index (χ3v) is 9.39. The van der Waals surface area contributed by atoms with Crippen LogP contribution in [0.3, 0.4) is 0 Å². The maximum atomic E-state index is 12.9. The van der Waals surface area contributed by atoms with Crippen LogP contribution in [-0.2, 0) is 19.1 Å². The number of Topliss-reactive ketones (excluding diaryl/α,β-unsaturated/α-hetero) is 1. The first-order valence-corrected chi connectivity index (χ1v) is 11.4. The van der Waals surface area contributed by atoms with Crippen molar-refractivity contribution in [2.75, 3.05) is 13.7 Å². The highest BCUT2D eigenvalue weighted by Crippen LogP contribution is 2.68. The minimum Gasteiger partial charge on any atom is -0.501 e. The number of ether oxygens (including phenoxy) is 2. The second kappa shape index (κ2) is 7.22. The van der Waals surface area contributed by atoms with Crippen LogP contribution in [0, 0.1) is 28.6 Å². The molecule has 0 aromatic rings. The van der Waals surface area contributed by atoms with Crippen LogP contribution < -0.4 is 0 Å². The molecule has 0 saturated heterocycles. The summed E-state index contributed by atoms with van der Waals surface area (Å²) in [6.07, 6.45) is 8.39. The van der Waals surface area contributed by atoms with Gasteiger partial charge in [0.1, 0.15) is 0 Å². The quantitative estimate of drug-likeness (QED) is 0.690. The zero-order valence-electron chi connectivity index (χ0n) is 19.0. The molecule has 4 rings (SSSR count). The van der Waals surface area contributed by atoms with Gasteiger partial charge in [0.15, 0.2) is 11.4 Å². The van der Waals surface area contributed by atoms with Gasteiger partial charge in [-0.3, -0.25) is 9.59 Å². The predicted octanol–water partition coefficient (Wildman–Crippen LogP) is 4.34. The highest BCUT2D eigenvalue weighted by atomic mass is 16.6. The van der Waals surface area contributed by atoms with Gasteiger partial charge in [-0.15, -0.1) is 0 Å². The fourth-order valence-corrected chi connectivity index (χ4v) is 7.94. The van der Waals surface area contributed by atoms with Crippen LogP contribution >= 0.6 is 0 Å². The molecule has 0 unspecified atom stereocenters.